The number of nitrogens with two attached hydrogens (primary N) is 1. The van der Waals surface area contributed by atoms with E-state index in [9.17, 15) is 4.79 Å². The van der Waals surface area contributed by atoms with Crippen molar-refractivity contribution in [2.75, 3.05) is 26.2 Å². The number of rotatable bonds is 1. The molecule has 3 atom stereocenters. The molecule has 0 radical (unpaired) electrons. The molecule has 2 saturated heterocycles. The second kappa shape index (κ2) is 5.91. The Balaban J connectivity index is 1.97. The van der Waals surface area contributed by atoms with E-state index in [2.05, 4.69) is 18.7 Å². The molecule has 0 aliphatic carbocycles. The van der Waals surface area contributed by atoms with E-state index in [1.807, 2.05) is 4.90 Å². The Morgan fingerprint density at radius 2 is 2.00 bits per heavy atom. The summed E-state index contributed by atoms with van der Waals surface area (Å²) in [7, 11) is 0. The van der Waals surface area contributed by atoms with E-state index in [1.54, 1.807) is 0 Å². The molecule has 3 unspecified atom stereocenters. The van der Waals surface area contributed by atoms with Gasteiger partial charge < -0.3 is 15.5 Å². The first-order chi connectivity index (χ1) is 8.61. The number of carbonyl (C=O) groups excluding carboxylic acids is 1. The van der Waals surface area contributed by atoms with Crippen LogP contribution in [0.15, 0.2) is 0 Å². The van der Waals surface area contributed by atoms with Gasteiger partial charge >= 0.3 is 6.03 Å². The predicted molar refractivity (Wildman–Crippen MR) is 73.3 cm³/mol. The molecule has 2 aliphatic heterocycles. The molecule has 4 heteroatoms. The Morgan fingerprint density at radius 3 is 2.67 bits per heavy atom. The lowest BCUT2D eigenvalue weighted by Gasteiger charge is -2.42. The van der Waals surface area contributed by atoms with E-state index >= 15 is 0 Å². The second-order valence-electron chi connectivity index (χ2n) is 6.16. The van der Waals surface area contributed by atoms with Crippen LogP contribution in [0.5, 0.6) is 0 Å². The van der Waals surface area contributed by atoms with Crippen molar-refractivity contribution in [3.63, 3.8) is 0 Å². The highest BCUT2D eigenvalue weighted by molar-refractivity contribution is 5.75. The number of urea groups is 1. The van der Waals surface area contributed by atoms with E-state index in [4.69, 9.17) is 5.73 Å². The molecule has 2 rings (SSSR count). The maximum absolute atomic E-state index is 12.6. The molecular formula is C14H27N3O. The third-order valence-corrected chi connectivity index (χ3v) is 4.49. The van der Waals surface area contributed by atoms with Gasteiger partial charge in [0.1, 0.15) is 0 Å². The number of nitrogens with zero attached hydrogens (tertiary/aromatic N) is 2. The third kappa shape index (κ3) is 2.97. The molecule has 18 heavy (non-hydrogen) atoms. The molecule has 2 amide bonds. The molecule has 104 valence electrons. The SMILES string of the molecule is CC1CCCN(C(=O)N2CC(CN)CCC2C)C1. The summed E-state index contributed by atoms with van der Waals surface area (Å²) in [5.41, 5.74) is 5.76. The summed E-state index contributed by atoms with van der Waals surface area (Å²) < 4.78 is 0. The van der Waals surface area contributed by atoms with Gasteiger partial charge in [0.15, 0.2) is 0 Å². The lowest BCUT2D eigenvalue weighted by atomic mass is 9.93. The van der Waals surface area contributed by atoms with E-state index in [1.165, 1.54) is 6.42 Å². The Bertz CT molecular complexity index is 295. The zero-order valence-corrected chi connectivity index (χ0v) is 11.8. The van der Waals surface area contributed by atoms with Gasteiger partial charge in [-0.2, -0.15) is 0 Å². The molecule has 0 spiro atoms. The number of hydrogen-bond donors (Lipinski definition) is 1. The molecule has 0 saturated carbocycles. The normalized spacial score (nSPS) is 33.6. The number of likely N-dealkylation sites (tertiary alicyclic amines) is 2. The topological polar surface area (TPSA) is 49.6 Å². The van der Waals surface area contributed by atoms with E-state index < -0.39 is 0 Å². The fourth-order valence-electron chi connectivity index (χ4n) is 3.19. The van der Waals surface area contributed by atoms with Gasteiger partial charge in [0.25, 0.3) is 0 Å². The van der Waals surface area contributed by atoms with E-state index in [-0.39, 0.29) is 6.03 Å². The Kier molecular flexibility index (Phi) is 4.49. The minimum Gasteiger partial charge on any atom is -0.330 e. The minimum absolute atomic E-state index is 0.243. The molecule has 4 nitrogen and oxygen atoms in total. The quantitative estimate of drug-likeness (QED) is 0.776. The van der Waals surface area contributed by atoms with E-state index in [0.29, 0.717) is 24.4 Å². The number of carbonyl (C=O) groups is 1. The number of piperidine rings is 2. The lowest BCUT2D eigenvalue weighted by molar-refractivity contribution is 0.0899. The van der Waals surface area contributed by atoms with Gasteiger partial charge in [-0.1, -0.05) is 6.92 Å². The summed E-state index contributed by atoms with van der Waals surface area (Å²) in [6.45, 7) is 7.81. The van der Waals surface area contributed by atoms with Crippen LogP contribution in [0.25, 0.3) is 0 Å². The maximum Gasteiger partial charge on any atom is 0.320 e. The van der Waals surface area contributed by atoms with Gasteiger partial charge in [0.2, 0.25) is 0 Å². The lowest BCUT2D eigenvalue weighted by Crippen LogP contribution is -2.54. The fraction of sp³-hybridized carbons (Fsp3) is 0.929. The molecule has 2 fully saturated rings. The molecule has 2 aliphatic rings. The Labute approximate surface area is 110 Å². The molecule has 0 aromatic heterocycles. The highest BCUT2D eigenvalue weighted by Crippen LogP contribution is 2.24. The fourth-order valence-corrected chi connectivity index (χ4v) is 3.19. The van der Waals surface area contributed by atoms with Crippen LogP contribution in [0.2, 0.25) is 0 Å². The van der Waals surface area contributed by atoms with Crippen molar-refractivity contribution in [2.24, 2.45) is 17.6 Å². The molecule has 2 N–H and O–H groups in total. The first-order valence-corrected chi connectivity index (χ1v) is 7.37. The molecule has 0 aromatic carbocycles. The zero-order valence-electron chi connectivity index (χ0n) is 11.8. The van der Waals surface area contributed by atoms with Crippen LogP contribution in [-0.2, 0) is 0 Å². The van der Waals surface area contributed by atoms with Crippen LogP contribution in [0, 0.1) is 11.8 Å². The van der Waals surface area contributed by atoms with Gasteiger partial charge in [0, 0.05) is 25.7 Å². The minimum atomic E-state index is 0.243. The van der Waals surface area contributed by atoms with Gasteiger partial charge in [-0.3, -0.25) is 0 Å². The Hall–Kier alpha value is -0.770. The van der Waals surface area contributed by atoms with Crippen LogP contribution in [0.4, 0.5) is 4.79 Å². The molecule has 0 bridgehead atoms. The highest BCUT2D eigenvalue weighted by Gasteiger charge is 2.32. The van der Waals surface area contributed by atoms with Gasteiger partial charge in [-0.25, -0.2) is 4.79 Å². The molecule has 2 heterocycles. The first kappa shape index (κ1) is 13.7. The van der Waals surface area contributed by atoms with Crippen molar-refractivity contribution in [3.05, 3.63) is 0 Å². The largest absolute Gasteiger partial charge is 0.330 e. The van der Waals surface area contributed by atoms with Crippen molar-refractivity contribution in [2.45, 2.75) is 45.6 Å². The van der Waals surface area contributed by atoms with Crippen LogP contribution in [0.3, 0.4) is 0 Å². The summed E-state index contributed by atoms with van der Waals surface area (Å²) in [6, 6.07) is 0.615. The van der Waals surface area contributed by atoms with Crippen molar-refractivity contribution in [3.8, 4) is 0 Å². The van der Waals surface area contributed by atoms with Crippen molar-refractivity contribution in [1.82, 2.24) is 9.80 Å². The van der Waals surface area contributed by atoms with Crippen LogP contribution < -0.4 is 5.73 Å². The molecule has 0 aromatic rings. The summed E-state index contributed by atoms with van der Waals surface area (Å²) in [4.78, 5) is 16.7. The smallest absolute Gasteiger partial charge is 0.320 e. The number of amides is 2. The third-order valence-electron chi connectivity index (χ3n) is 4.49. The second-order valence-corrected chi connectivity index (χ2v) is 6.16. The Morgan fingerprint density at radius 1 is 1.22 bits per heavy atom. The number of hydrogen-bond acceptors (Lipinski definition) is 2. The maximum atomic E-state index is 12.6. The summed E-state index contributed by atoms with van der Waals surface area (Å²) in [5.74, 6) is 1.14. The van der Waals surface area contributed by atoms with E-state index in [0.717, 1.165) is 38.9 Å². The average Bonchev–Trinajstić information content (AvgIpc) is 2.38. The monoisotopic (exact) mass is 253 g/mol. The first-order valence-electron chi connectivity index (χ1n) is 7.37. The summed E-state index contributed by atoms with van der Waals surface area (Å²) in [5, 5.41) is 0. The standard InChI is InChI=1S/C14H27N3O/c1-11-4-3-7-16(9-11)14(18)17-10-13(8-15)6-5-12(17)2/h11-13H,3-10,15H2,1-2H3. The summed E-state index contributed by atoms with van der Waals surface area (Å²) in [6.07, 6.45) is 4.66. The van der Waals surface area contributed by atoms with Crippen molar-refractivity contribution in [1.29, 1.82) is 0 Å². The van der Waals surface area contributed by atoms with Crippen LogP contribution in [0.1, 0.15) is 39.5 Å². The van der Waals surface area contributed by atoms with Gasteiger partial charge in [-0.15, -0.1) is 0 Å². The highest BCUT2D eigenvalue weighted by atomic mass is 16.2. The average molecular weight is 253 g/mol. The van der Waals surface area contributed by atoms with Crippen LogP contribution in [-0.4, -0.2) is 48.1 Å². The molecular weight excluding hydrogens is 226 g/mol. The van der Waals surface area contributed by atoms with Crippen LogP contribution >= 0.6 is 0 Å². The van der Waals surface area contributed by atoms with Crippen molar-refractivity contribution >= 4 is 6.03 Å². The van der Waals surface area contributed by atoms with Crippen molar-refractivity contribution < 1.29 is 4.79 Å². The predicted octanol–water partition coefficient (Wildman–Crippen LogP) is 1.90. The summed E-state index contributed by atoms with van der Waals surface area (Å²) >= 11 is 0. The zero-order chi connectivity index (χ0) is 13.1. The van der Waals surface area contributed by atoms with Gasteiger partial charge in [0.05, 0.1) is 0 Å². The van der Waals surface area contributed by atoms with Gasteiger partial charge in [-0.05, 0) is 51.0 Å².